The van der Waals surface area contributed by atoms with Crippen molar-refractivity contribution in [3.8, 4) is 0 Å². The molecule has 0 saturated heterocycles. The third-order valence-corrected chi connectivity index (χ3v) is 2.58. The first-order valence-electron chi connectivity index (χ1n) is 5.83. The highest BCUT2D eigenvalue weighted by atomic mass is 16.6. The standard InChI is InChI=1S/C13H10N4O4/c18-12(9-5-7-14-8-6-9)15-16-13(19)10-3-1-2-4-11(10)17(20)21/h1-8H,(H,15,18)(H,16,19). The Bertz CT molecular complexity index is 688. The van der Waals surface area contributed by atoms with Crippen LogP contribution in [0.5, 0.6) is 0 Å². The third-order valence-electron chi connectivity index (χ3n) is 2.58. The summed E-state index contributed by atoms with van der Waals surface area (Å²) in [4.78, 5) is 37.5. The van der Waals surface area contributed by atoms with Gasteiger partial charge in [-0.15, -0.1) is 0 Å². The normalized spacial score (nSPS) is 9.71. The molecule has 8 nitrogen and oxygen atoms in total. The lowest BCUT2D eigenvalue weighted by atomic mass is 10.2. The summed E-state index contributed by atoms with van der Waals surface area (Å²) in [6, 6.07) is 8.38. The molecule has 2 amide bonds. The number of rotatable bonds is 3. The Kier molecular flexibility index (Phi) is 4.20. The molecule has 0 radical (unpaired) electrons. The Morgan fingerprint density at radius 3 is 2.29 bits per heavy atom. The van der Waals surface area contributed by atoms with Gasteiger partial charge in [0, 0.05) is 24.0 Å². The Hall–Kier alpha value is -3.29. The van der Waals surface area contributed by atoms with Crippen LogP contribution in [-0.2, 0) is 0 Å². The van der Waals surface area contributed by atoms with E-state index in [9.17, 15) is 19.7 Å². The largest absolute Gasteiger partial charge is 0.282 e. The van der Waals surface area contributed by atoms with Crippen molar-refractivity contribution in [2.75, 3.05) is 0 Å². The van der Waals surface area contributed by atoms with Gasteiger partial charge >= 0.3 is 0 Å². The fourth-order valence-electron chi connectivity index (χ4n) is 1.58. The number of hydrogen-bond donors (Lipinski definition) is 2. The zero-order chi connectivity index (χ0) is 15.2. The summed E-state index contributed by atoms with van der Waals surface area (Å²) in [7, 11) is 0. The quantitative estimate of drug-likeness (QED) is 0.647. The Morgan fingerprint density at radius 1 is 1.00 bits per heavy atom. The smallest absolute Gasteiger partial charge is 0.267 e. The lowest BCUT2D eigenvalue weighted by Crippen LogP contribution is -2.41. The molecule has 2 N–H and O–H groups in total. The van der Waals surface area contributed by atoms with Gasteiger partial charge in [0.2, 0.25) is 0 Å². The average Bonchev–Trinajstić information content (AvgIpc) is 2.53. The van der Waals surface area contributed by atoms with Crippen molar-refractivity contribution >= 4 is 17.5 Å². The number of carbonyl (C=O) groups excluding carboxylic acids is 2. The first kappa shape index (κ1) is 14.1. The maximum absolute atomic E-state index is 11.9. The average molecular weight is 286 g/mol. The van der Waals surface area contributed by atoms with E-state index < -0.39 is 16.7 Å². The number of benzene rings is 1. The second-order valence-corrected chi connectivity index (χ2v) is 3.92. The molecule has 1 heterocycles. The van der Waals surface area contributed by atoms with Gasteiger partial charge in [-0.05, 0) is 18.2 Å². The lowest BCUT2D eigenvalue weighted by Gasteiger charge is -2.07. The SMILES string of the molecule is O=C(NNC(=O)c1ccccc1[N+](=O)[O-])c1ccncc1. The number of pyridine rings is 1. The minimum Gasteiger partial charge on any atom is -0.267 e. The predicted molar refractivity (Wildman–Crippen MR) is 72.3 cm³/mol. The molecule has 1 aromatic heterocycles. The lowest BCUT2D eigenvalue weighted by molar-refractivity contribution is -0.385. The van der Waals surface area contributed by atoms with Crippen molar-refractivity contribution in [1.82, 2.24) is 15.8 Å². The van der Waals surface area contributed by atoms with Gasteiger partial charge in [-0.3, -0.25) is 35.5 Å². The monoisotopic (exact) mass is 286 g/mol. The Labute approximate surface area is 118 Å². The molecule has 0 atom stereocenters. The number of nitrogens with one attached hydrogen (secondary N) is 2. The molecule has 0 fully saturated rings. The number of amides is 2. The minimum absolute atomic E-state index is 0.141. The van der Waals surface area contributed by atoms with E-state index in [1.165, 1.54) is 48.8 Å². The van der Waals surface area contributed by atoms with Crippen LogP contribution in [0.3, 0.4) is 0 Å². The molecule has 0 unspecified atom stereocenters. The number of nitro groups is 1. The number of hydrogen-bond acceptors (Lipinski definition) is 5. The van der Waals surface area contributed by atoms with E-state index in [-0.39, 0.29) is 11.3 Å². The van der Waals surface area contributed by atoms with Crippen molar-refractivity contribution in [3.63, 3.8) is 0 Å². The van der Waals surface area contributed by atoms with Gasteiger partial charge in [0.25, 0.3) is 17.5 Å². The number of para-hydroxylation sites is 1. The molecule has 2 aromatic rings. The molecule has 0 aliphatic carbocycles. The second kappa shape index (κ2) is 6.24. The van der Waals surface area contributed by atoms with Crippen LogP contribution in [0.15, 0.2) is 48.8 Å². The van der Waals surface area contributed by atoms with Gasteiger partial charge in [0.15, 0.2) is 0 Å². The molecule has 106 valence electrons. The zero-order valence-electron chi connectivity index (χ0n) is 10.6. The summed E-state index contributed by atoms with van der Waals surface area (Å²) < 4.78 is 0. The fourth-order valence-corrected chi connectivity index (χ4v) is 1.58. The highest BCUT2D eigenvalue weighted by Crippen LogP contribution is 2.16. The van der Waals surface area contributed by atoms with Gasteiger partial charge in [0.05, 0.1) is 4.92 Å². The summed E-state index contributed by atoms with van der Waals surface area (Å²) in [5.74, 6) is -1.32. The van der Waals surface area contributed by atoms with E-state index in [1.54, 1.807) is 0 Å². The summed E-state index contributed by atoms with van der Waals surface area (Å²) in [6.45, 7) is 0. The molecule has 0 spiro atoms. The van der Waals surface area contributed by atoms with E-state index >= 15 is 0 Å². The zero-order valence-corrected chi connectivity index (χ0v) is 10.6. The molecule has 0 bridgehead atoms. The summed E-state index contributed by atoms with van der Waals surface area (Å²) in [5, 5.41) is 10.8. The van der Waals surface area contributed by atoms with Crippen LogP contribution in [0.2, 0.25) is 0 Å². The number of carbonyl (C=O) groups is 2. The van der Waals surface area contributed by atoms with Gasteiger partial charge in [-0.1, -0.05) is 12.1 Å². The molecule has 0 saturated carbocycles. The van der Waals surface area contributed by atoms with Gasteiger partial charge < -0.3 is 0 Å². The van der Waals surface area contributed by atoms with E-state index in [0.717, 1.165) is 0 Å². The molecule has 2 rings (SSSR count). The van der Waals surface area contributed by atoms with E-state index in [0.29, 0.717) is 5.56 Å². The maximum Gasteiger partial charge on any atom is 0.282 e. The predicted octanol–water partition coefficient (Wildman–Crippen LogP) is 1.06. The molecule has 8 heteroatoms. The van der Waals surface area contributed by atoms with Crippen LogP contribution in [0, 0.1) is 10.1 Å². The van der Waals surface area contributed by atoms with E-state index in [1.807, 2.05) is 0 Å². The summed E-state index contributed by atoms with van der Waals surface area (Å²) in [6.07, 6.45) is 2.86. The summed E-state index contributed by atoms with van der Waals surface area (Å²) in [5.41, 5.74) is 4.12. The topological polar surface area (TPSA) is 114 Å². The van der Waals surface area contributed by atoms with E-state index in [2.05, 4.69) is 15.8 Å². The highest BCUT2D eigenvalue weighted by molar-refractivity contribution is 6.01. The Balaban J connectivity index is 2.06. The van der Waals surface area contributed by atoms with Crippen LogP contribution in [0.1, 0.15) is 20.7 Å². The number of aromatic nitrogens is 1. The van der Waals surface area contributed by atoms with Crippen molar-refractivity contribution in [2.24, 2.45) is 0 Å². The van der Waals surface area contributed by atoms with Crippen molar-refractivity contribution in [1.29, 1.82) is 0 Å². The molecule has 0 aliphatic rings. The molecular weight excluding hydrogens is 276 g/mol. The summed E-state index contributed by atoms with van der Waals surface area (Å²) >= 11 is 0. The van der Waals surface area contributed by atoms with Crippen molar-refractivity contribution < 1.29 is 14.5 Å². The van der Waals surface area contributed by atoms with Crippen LogP contribution in [0.25, 0.3) is 0 Å². The van der Waals surface area contributed by atoms with Crippen LogP contribution in [-0.4, -0.2) is 21.7 Å². The molecule has 21 heavy (non-hydrogen) atoms. The second-order valence-electron chi connectivity index (χ2n) is 3.92. The molecule has 1 aromatic carbocycles. The number of nitro benzene ring substituents is 1. The maximum atomic E-state index is 11.9. The van der Waals surface area contributed by atoms with E-state index in [4.69, 9.17) is 0 Å². The van der Waals surface area contributed by atoms with Gasteiger partial charge in [0.1, 0.15) is 5.56 Å². The minimum atomic E-state index is -0.773. The van der Waals surface area contributed by atoms with Gasteiger partial charge in [-0.25, -0.2) is 0 Å². The van der Waals surface area contributed by atoms with Crippen molar-refractivity contribution in [3.05, 3.63) is 70.0 Å². The Morgan fingerprint density at radius 2 is 1.62 bits per heavy atom. The number of nitrogens with zero attached hydrogens (tertiary/aromatic N) is 2. The van der Waals surface area contributed by atoms with Crippen molar-refractivity contribution in [2.45, 2.75) is 0 Å². The van der Waals surface area contributed by atoms with Crippen LogP contribution < -0.4 is 10.9 Å². The van der Waals surface area contributed by atoms with Crippen LogP contribution in [0.4, 0.5) is 5.69 Å². The first-order chi connectivity index (χ1) is 10.1. The molecule has 0 aliphatic heterocycles. The number of hydrazine groups is 1. The fraction of sp³-hybridized carbons (Fsp3) is 0. The van der Waals surface area contributed by atoms with Gasteiger partial charge in [-0.2, -0.15) is 0 Å². The molecular formula is C13H10N4O4. The van der Waals surface area contributed by atoms with Crippen LogP contribution >= 0.6 is 0 Å². The first-order valence-corrected chi connectivity index (χ1v) is 5.83. The highest BCUT2D eigenvalue weighted by Gasteiger charge is 2.19. The third kappa shape index (κ3) is 3.38.